The van der Waals surface area contributed by atoms with Crippen molar-refractivity contribution in [2.24, 2.45) is 5.92 Å². The predicted octanol–water partition coefficient (Wildman–Crippen LogP) is 3.87. The van der Waals surface area contributed by atoms with Crippen LogP contribution in [0.2, 0.25) is 0 Å². The Bertz CT molecular complexity index is 1180. The van der Waals surface area contributed by atoms with Gasteiger partial charge in [-0.3, -0.25) is 19.3 Å². The quantitative estimate of drug-likeness (QED) is 0.369. The molecular weight excluding hydrogens is 390 g/mol. The monoisotopic (exact) mass is 413 g/mol. The molecule has 6 heteroatoms. The number of hydrogen-bond donors (Lipinski definition) is 0. The van der Waals surface area contributed by atoms with Crippen LogP contribution >= 0.6 is 0 Å². The van der Waals surface area contributed by atoms with Gasteiger partial charge in [-0.05, 0) is 51.0 Å². The third kappa shape index (κ3) is 3.65. The van der Waals surface area contributed by atoms with Gasteiger partial charge < -0.3 is 0 Å². The molecule has 0 spiro atoms. The van der Waals surface area contributed by atoms with Gasteiger partial charge in [-0.2, -0.15) is 5.10 Å². The Morgan fingerprint density at radius 2 is 1.52 bits per heavy atom. The average molecular weight is 413 g/mol. The van der Waals surface area contributed by atoms with E-state index in [1.807, 2.05) is 51.1 Å². The van der Waals surface area contributed by atoms with E-state index >= 15 is 0 Å². The molecule has 0 bridgehead atoms. The van der Waals surface area contributed by atoms with Crippen LogP contribution in [-0.4, -0.2) is 27.7 Å². The van der Waals surface area contributed by atoms with Crippen LogP contribution in [0.3, 0.4) is 0 Å². The maximum Gasteiger partial charge on any atom is 0.297 e. The van der Waals surface area contributed by atoms with Gasteiger partial charge in [-0.15, -0.1) is 5.10 Å². The molecular formula is C25H23N3O3. The first-order chi connectivity index (χ1) is 14.8. The first-order valence-electron chi connectivity index (χ1n) is 10.1. The highest BCUT2D eigenvalue weighted by Crippen LogP contribution is 2.41. The van der Waals surface area contributed by atoms with Gasteiger partial charge in [0, 0.05) is 5.56 Å². The van der Waals surface area contributed by atoms with Crippen molar-refractivity contribution in [2.75, 3.05) is 4.90 Å². The van der Waals surface area contributed by atoms with Crippen molar-refractivity contribution in [3.8, 4) is 0 Å². The maximum absolute atomic E-state index is 13.5. The van der Waals surface area contributed by atoms with E-state index in [-0.39, 0.29) is 11.6 Å². The summed E-state index contributed by atoms with van der Waals surface area (Å²) in [7, 11) is 0. The molecule has 0 N–H and O–H groups in total. The van der Waals surface area contributed by atoms with Crippen molar-refractivity contribution < 1.29 is 14.4 Å². The van der Waals surface area contributed by atoms with E-state index < -0.39 is 23.7 Å². The number of nitrogens with zero attached hydrogens (tertiary/aromatic N) is 3. The maximum atomic E-state index is 13.5. The fourth-order valence-electron chi connectivity index (χ4n) is 4.07. The number of carbonyl (C=O) groups is 3. The Labute approximate surface area is 180 Å². The first-order valence-corrected chi connectivity index (χ1v) is 10.1. The summed E-state index contributed by atoms with van der Waals surface area (Å²) >= 11 is 0. The Balaban J connectivity index is 1.88. The second-order valence-electron chi connectivity index (χ2n) is 8.09. The van der Waals surface area contributed by atoms with Gasteiger partial charge in [0.25, 0.3) is 5.91 Å². The van der Waals surface area contributed by atoms with Crippen LogP contribution in [0.4, 0.5) is 5.82 Å². The van der Waals surface area contributed by atoms with E-state index in [1.165, 1.54) is 4.90 Å². The van der Waals surface area contributed by atoms with E-state index in [0.717, 1.165) is 22.3 Å². The van der Waals surface area contributed by atoms with Crippen LogP contribution in [0.1, 0.15) is 44.3 Å². The molecule has 156 valence electrons. The van der Waals surface area contributed by atoms with Crippen LogP contribution < -0.4 is 4.90 Å². The molecule has 1 aromatic heterocycles. The van der Waals surface area contributed by atoms with E-state index in [0.29, 0.717) is 11.3 Å². The van der Waals surface area contributed by atoms with Gasteiger partial charge in [0.05, 0.1) is 11.7 Å². The average Bonchev–Trinajstić information content (AvgIpc) is 2.99. The minimum Gasteiger partial charge on any atom is -0.293 e. The molecule has 1 fully saturated rings. The number of carbonyl (C=O) groups excluding carboxylic acids is 3. The van der Waals surface area contributed by atoms with Crippen molar-refractivity contribution in [3.05, 3.63) is 88.1 Å². The zero-order chi connectivity index (χ0) is 22.3. The molecule has 3 aromatic rings. The topological polar surface area (TPSA) is 80.2 Å². The molecule has 2 heterocycles. The molecule has 2 unspecified atom stereocenters. The number of aryl methyl sites for hydroxylation is 4. The van der Waals surface area contributed by atoms with Gasteiger partial charge in [0.15, 0.2) is 11.6 Å². The third-order valence-electron chi connectivity index (χ3n) is 5.70. The lowest BCUT2D eigenvalue weighted by atomic mass is 9.84. The van der Waals surface area contributed by atoms with Gasteiger partial charge >= 0.3 is 0 Å². The Hall–Kier alpha value is -3.67. The molecule has 1 saturated heterocycles. The largest absolute Gasteiger partial charge is 0.297 e. The summed E-state index contributed by atoms with van der Waals surface area (Å²) in [6.45, 7) is 7.61. The molecule has 1 aliphatic heterocycles. The highest BCUT2D eigenvalue weighted by Gasteiger charge is 2.53. The number of ketones is 2. The molecule has 2 aromatic carbocycles. The SMILES string of the molecule is Cc1ccc(C(=O)C2C(=O)C(=O)N(c3ccc(C)nn3)C2c2ccc(C)cc2C)cc1. The Morgan fingerprint density at radius 1 is 0.839 bits per heavy atom. The molecule has 2 atom stereocenters. The van der Waals surface area contributed by atoms with E-state index in [1.54, 1.807) is 31.2 Å². The van der Waals surface area contributed by atoms with Crippen molar-refractivity contribution in [2.45, 2.75) is 33.7 Å². The molecule has 0 aliphatic carbocycles. The number of benzene rings is 2. The summed E-state index contributed by atoms with van der Waals surface area (Å²) in [6.07, 6.45) is 0. The summed E-state index contributed by atoms with van der Waals surface area (Å²) in [5.74, 6) is -2.73. The molecule has 31 heavy (non-hydrogen) atoms. The molecule has 6 nitrogen and oxygen atoms in total. The molecule has 0 saturated carbocycles. The van der Waals surface area contributed by atoms with Crippen LogP contribution in [0.15, 0.2) is 54.6 Å². The third-order valence-corrected chi connectivity index (χ3v) is 5.70. The lowest BCUT2D eigenvalue weighted by molar-refractivity contribution is -0.135. The molecule has 0 radical (unpaired) electrons. The van der Waals surface area contributed by atoms with Gasteiger partial charge in [0.2, 0.25) is 5.78 Å². The van der Waals surface area contributed by atoms with Crippen LogP contribution in [-0.2, 0) is 9.59 Å². The molecule has 4 rings (SSSR count). The number of anilines is 1. The standard InChI is InChI=1S/C25H23N3O3/c1-14-5-9-18(10-6-14)23(29)21-22(19-11-7-15(2)13-16(19)3)28(25(31)24(21)30)20-12-8-17(4)26-27-20/h5-13,21-22H,1-4H3. The van der Waals surface area contributed by atoms with Crippen molar-refractivity contribution in [1.29, 1.82) is 0 Å². The van der Waals surface area contributed by atoms with Crippen LogP contribution in [0.25, 0.3) is 0 Å². The van der Waals surface area contributed by atoms with E-state index in [4.69, 9.17) is 0 Å². The van der Waals surface area contributed by atoms with E-state index in [2.05, 4.69) is 10.2 Å². The van der Waals surface area contributed by atoms with Gasteiger partial charge in [-0.25, -0.2) is 0 Å². The Kier molecular flexibility index (Phi) is 5.23. The molecule has 1 amide bonds. The summed E-state index contributed by atoms with van der Waals surface area (Å²) < 4.78 is 0. The van der Waals surface area contributed by atoms with Gasteiger partial charge in [-0.1, -0.05) is 53.6 Å². The second-order valence-corrected chi connectivity index (χ2v) is 8.09. The number of Topliss-reactive ketones (excluding diaryl/α,β-unsaturated/α-hetero) is 2. The summed E-state index contributed by atoms with van der Waals surface area (Å²) in [5.41, 5.74) is 4.81. The van der Waals surface area contributed by atoms with Crippen molar-refractivity contribution >= 4 is 23.3 Å². The highest BCUT2D eigenvalue weighted by molar-refractivity contribution is 6.48. The fraction of sp³-hybridized carbons (Fsp3) is 0.240. The van der Waals surface area contributed by atoms with Crippen LogP contribution in [0, 0.1) is 33.6 Å². The second kappa shape index (κ2) is 7.87. The lowest BCUT2D eigenvalue weighted by Gasteiger charge is -2.27. The number of amides is 1. The zero-order valence-corrected chi connectivity index (χ0v) is 17.9. The minimum atomic E-state index is -1.15. The first kappa shape index (κ1) is 20.6. The van der Waals surface area contributed by atoms with Gasteiger partial charge in [0.1, 0.15) is 5.92 Å². The fourth-order valence-corrected chi connectivity index (χ4v) is 4.07. The van der Waals surface area contributed by atoms with E-state index in [9.17, 15) is 14.4 Å². The summed E-state index contributed by atoms with van der Waals surface area (Å²) in [4.78, 5) is 41.0. The zero-order valence-electron chi connectivity index (χ0n) is 17.9. The number of aromatic nitrogens is 2. The molecule has 1 aliphatic rings. The van der Waals surface area contributed by atoms with Crippen molar-refractivity contribution in [1.82, 2.24) is 10.2 Å². The van der Waals surface area contributed by atoms with Crippen LogP contribution in [0.5, 0.6) is 0 Å². The number of rotatable bonds is 4. The predicted molar refractivity (Wildman–Crippen MR) is 117 cm³/mol. The lowest BCUT2D eigenvalue weighted by Crippen LogP contribution is -2.32. The minimum absolute atomic E-state index is 0.258. The van der Waals surface area contributed by atoms with Crippen molar-refractivity contribution in [3.63, 3.8) is 0 Å². The Morgan fingerprint density at radius 3 is 2.13 bits per heavy atom. The number of hydrogen-bond acceptors (Lipinski definition) is 5. The summed E-state index contributed by atoms with van der Waals surface area (Å²) in [5, 5.41) is 8.18. The summed E-state index contributed by atoms with van der Waals surface area (Å²) in [6, 6.07) is 15.4. The smallest absolute Gasteiger partial charge is 0.293 e. The normalized spacial score (nSPS) is 18.5. The highest BCUT2D eigenvalue weighted by atomic mass is 16.2.